The summed E-state index contributed by atoms with van der Waals surface area (Å²) in [7, 11) is 0.178. The summed E-state index contributed by atoms with van der Waals surface area (Å²) >= 11 is 3.90. The Labute approximate surface area is 211 Å². The predicted octanol–water partition coefficient (Wildman–Crippen LogP) is 4.79. The number of hydrogen-bond acceptors (Lipinski definition) is 4. The van der Waals surface area contributed by atoms with E-state index in [1.165, 1.54) is 7.11 Å². The second-order valence-corrected chi connectivity index (χ2v) is 17.9. The van der Waals surface area contributed by atoms with Crippen LogP contribution in [-0.4, -0.2) is 62.8 Å². The van der Waals surface area contributed by atoms with Crippen LogP contribution in [0.15, 0.2) is 49.1 Å². The summed E-state index contributed by atoms with van der Waals surface area (Å²) in [6.45, 7) is 12.5. The van der Waals surface area contributed by atoms with E-state index < -0.39 is 18.9 Å². The number of piperidine rings is 1. The summed E-state index contributed by atoms with van der Waals surface area (Å²) in [6.07, 6.45) is 5.90. The molecule has 6 atom stereocenters. The Morgan fingerprint density at radius 2 is 2.06 bits per heavy atom. The fourth-order valence-electron chi connectivity index (χ4n) is 6.77. The zero-order chi connectivity index (χ0) is 24.5. The first kappa shape index (κ1) is 23.8. The molecule has 2 amide bonds. The Bertz CT molecular complexity index is 1070. The number of hydrogen-bond donors (Lipinski definition) is 0. The van der Waals surface area contributed by atoms with Gasteiger partial charge in [-0.3, -0.25) is 9.69 Å². The number of ether oxygens (including phenoxy) is 2. The summed E-state index contributed by atoms with van der Waals surface area (Å²) < 4.78 is 11.2. The Kier molecular flexibility index (Phi) is 5.65. The lowest BCUT2D eigenvalue weighted by molar-refractivity contribution is -0.125. The normalized spacial score (nSPS) is 35.3. The fourth-order valence-corrected chi connectivity index (χ4v) is 8.79. The van der Waals surface area contributed by atoms with E-state index in [1.807, 2.05) is 24.3 Å². The van der Waals surface area contributed by atoms with Gasteiger partial charge < -0.3 is 14.4 Å². The van der Waals surface area contributed by atoms with Gasteiger partial charge in [0.25, 0.3) is 0 Å². The highest BCUT2D eigenvalue weighted by molar-refractivity contribution is 9.09. The van der Waals surface area contributed by atoms with E-state index in [0.29, 0.717) is 13.2 Å². The molecule has 2 aliphatic carbocycles. The molecule has 4 aliphatic rings. The molecule has 34 heavy (non-hydrogen) atoms. The second kappa shape index (κ2) is 8.07. The number of nitrogens with zero attached hydrogens (tertiary/aromatic N) is 2. The Morgan fingerprint density at radius 3 is 2.74 bits per heavy atom. The first-order valence-electron chi connectivity index (χ1n) is 11.9. The first-order valence-corrected chi connectivity index (χ1v) is 16.6. The molecule has 8 heteroatoms. The van der Waals surface area contributed by atoms with Crippen LogP contribution in [-0.2, 0) is 19.7 Å². The van der Waals surface area contributed by atoms with Gasteiger partial charge in [0.15, 0.2) is 0 Å². The molecule has 1 spiro atoms. The van der Waals surface area contributed by atoms with Gasteiger partial charge in [-0.25, -0.2) is 4.79 Å². The lowest BCUT2D eigenvalue weighted by Crippen LogP contribution is -2.52. The summed E-state index contributed by atoms with van der Waals surface area (Å²) in [5.74, 6) is 0.0380. The first-order chi connectivity index (χ1) is 16.1. The molecule has 1 saturated heterocycles. The lowest BCUT2D eigenvalue weighted by atomic mass is 9.56. The summed E-state index contributed by atoms with van der Waals surface area (Å²) in [4.78, 5) is 30.7. The highest BCUT2D eigenvalue weighted by Gasteiger charge is 2.75. The average molecular weight is 546 g/mol. The number of para-hydroxylation sites is 1. The molecule has 0 unspecified atom stereocenters. The van der Waals surface area contributed by atoms with Crippen molar-refractivity contribution in [3.63, 3.8) is 0 Å². The maximum Gasteiger partial charge on any atom is 0.409 e. The van der Waals surface area contributed by atoms with E-state index in [2.05, 4.69) is 60.4 Å². The van der Waals surface area contributed by atoms with Crippen molar-refractivity contribution in [2.75, 3.05) is 31.9 Å². The van der Waals surface area contributed by atoms with Crippen LogP contribution in [0.3, 0.4) is 0 Å². The van der Waals surface area contributed by atoms with Crippen molar-refractivity contribution in [2.45, 2.75) is 42.0 Å². The van der Waals surface area contributed by atoms with Crippen molar-refractivity contribution in [3.8, 4) is 0 Å². The van der Waals surface area contributed by atoms with E-state index in [0.717, 1.165) is 17.3 Å². The molecule has 4 bridgehead atoms. The molecule has 2 fully saturated rings. The molecule has 6 nitrogen and oxygen atoms in total. The number of carbonyl (C=O) groups excluding carboxylic acids is 2. The number of likely N-dealkylation sites (tertiary alicyclic amines) is 1. The molecule has 0 radical (unpaired) electrons. The van der Waals surface area contributed by atoms with Crippen LogP contribution < -0.4 is 4.90 Å². The van der Waals surface area contributed by atoms with Gasteiger partial charge in [-0.2, -0.15) is 0 Å². The van der Waals surface area contributed by atoms with Crippen molar-refractivity contribution < 1.29 is 19.1 Å². The Balaban J connectivity index is 1.56. The second-order valence-electron chi connectivity index (χ2n) is 11.2. The number of carbonyl (C=O) groups is 2. The average Bonchev–Trinajstić information content (AvgIpc) is 3.33. The number of halogens is 1. The number of methoxy groups -OCH3 is 1. The van der Waals surface area contributed by atoms with Crippen LogP contribution in [0.1, 0.15) is 5.56 Å². The monoisotopic (exact) mass is 544 g/mol. The van der Waals surface area contributed by atoms with Crippen molar-refractivity contribution in [1.82, 2.24) is 4.90 Å². The van der Waals surface area contributed by atoms with Crippen molar-refractivity contribution in [2.24, 2.45) is 17.3 Å². The lowest BCUT2D eigenvalue weighted by Gasteiger charge is -2.44. The standard InChI is InChI=1S/C26H33BrN2O4Si/c1-6-25-15-28(24(31)32-2)21-20(27)18(25)11-12-26(22(21)25)17-9-7-8-10-19(17)29(23(26)30)16-33-13-14-34(3,4)5/h6-12,18,20-22H,1,13-16H2,2-5H3/t18-,20-,21-,22+,25+,26+/m1/s1. The molecular weight excluding hydrogens is 512 g/mol. The maximum atomic E-state index is 14.4. The number of fused-ring (bicyclic) bond motifs is 2. The molecule has 2 heterocycles. The van der Waals surface area contributed by atoms with Gasteiger partial charge in [0.05, 0.1) is 18.8 Å². The number of benzene rings is 1. The molecule has 2 aliphatic heterocycles. The van der Waals surface area contributed by atoms with Crippen molar-refractivity contribution in [1.29, 1.82) is 0 Å². The van der Waals surface area contributed by atoms with Gasteiger partial charge in [0.1, 0.15) is 12.1 Å². The van der Waals surface area contributed by atoms with E-state index in [9.17, 15) is 9.59 Å². The van der Waals surface area contributed by atoms with E-state index in [1.54, 1.807) is 9.80 Å². The van der Waals surface area contributed by atoms with Crippen LogP contribution in [0.4, 0.5) is 10.5 Å². The van der Waals surface area contributed by atoms with Crippen LogP contribution in [0.2, 0.25) is 25.7 Å². The van der Waals surface area contributed by atoms with Gasteiger partial charge in [-0.1, -0.05) is 72.0 Å². The highest BCUT2D eigenvalue weighted by Crippen LogP contribution is 2.69. The van der Waals surface area contributed by atoms with Gasteiger partial charge in [-0.15, -0.1) is 6.58 Å². The van der Waals surface area contributed by atoms with Gasteiger partial charge in [-0.05, 0) is 17.7 Å². The Morgan fingerprint density at radius 1 is 1.32 bits per heavy atom. The predicted molar refractivity (Wildman–Crippen MR) is 139 cm³/mol. The third kappa shape index (κ3) is 3.07. The van der Waals surface area contributed by atoms with Crippen LogP contribution in [0.5, 0.6) is 0 Å². The van der Waals surface area contributed by atoms with Gasteiger partial charge in [0, 0.05) is 43.3 Å². The zero-order valence-corrected chi connectivity index (χ0v) is 22.9. The molecule has 0 aromatic heterocycles. The molecular formula is C26H33BrN2O4Si. The zero-order valence-electron chi connectivity index (χ0n) is 20.3. The number of anilines is 1. The van der Waals surface area contributed by atoms with Crippen LogP contribution in [0.25, 0.3) is 0 Å². The molecule has 1 aromatic rings. The molecule has 0 N–H and O–H groups in total. The topological polar surface area (TPSA) is 59.1 Å². The van der Waals surface area contributed by atoms with E-state index in [-0.39, 0.29) is 41.4 Å². The van der Waals surface area contributed by atoms with E-state index in [4.69, 9.17) is 9.47 Å². The van der Waals surface area contributed by atoms with Gasteiger partial charge in [0.2, 0.25) is 5.91 Å². The fraction of sp³-hybridized carbons (Fsp3) is 0.538. The number of amides is 2. The number of allylic oxidation sites excluding steroid dienone is 1. The molecule has 182 valence electrons. The molecule has 1 aromatic carbocycles. The summed E-state index contributed by atoms with van der Waals surface area (Å²) in [5, 5.41) is 0. The SMILES string of the molecule is C=C[C@]12CN(C(=O)OC)[C@@H]3[C@H](Br)[C@H]1C=C[C@@]1(C(=O)N(COCC[Si](C)(C)C)c4ccccc41)[C@@H]32. The smallest absolute Gasteiger partial charge is 0.409 e. The minimum absolute atomic E-state index is 0.0148. The summed E-state index contributed by atoms with van der Waals surface area (Å²) in [6, 6.07) is 8.88. The highest BCUT2D eigenvalue weighted by atomic mass is 79.9. The third-order valence-electron chi connectivity index (χ3n) is 8.32. The van der Waals surface area contributed by atoms with Crippen molar-refractivity contribution >= 4 is 41.7 Å². The maximum absolute atomic E-state index is 14.4. The van der Waals surface area contributed by atoms with Gasteiger partial charge >= 0.3 is 6.09 Å². The van der Waals surface area contributed by atoms with Crippen LogP contribution >= 0.6 is 15.9 Å². The summed E-state index contributed by atoms with van der Waals surface area (Å²) in [5.41, 5.74) is 0.585. The molecule has 5 rings (SSSR count). The minimum Gasteiger partial charge on any atom is -0.453 e. The molecule has 1 saturated carbocycles. The number of alkyl halides is 1. The third-order valence-corrected chi connectivity index (χ3v) is 11.1. The number of rotatable bonds is 6. The largest absolute Gasteiger partial charge is 0.453 e. The quantitative estimate of drug-likeness (QED) is 0.223. The van der Waals surface area contributed by atoms with Crippen molar-refractivity contribution in [3.05, 3.63) is 54.6 Å². The van der Waals surface area contributed by atoms with E-state index >= 15 is 0 Å². The Hall–Kier alpha value is -1.90. The minimum atomic E-state index is -1.23. The van der Waals surface area contributed by atoms with Crippen LogP contribution in [0, 0.1) is 17.3 Å².